The van der Waals surface area contributed by atoms with Crippen LogP contribution in [-0.2, 0) is 21.4 Å². The lowest BCUT2D eigenvalue weighted by molar-refractivity contribution is -0.136. The van der Waals surface area contributed by atoms with Gasteiger partial charge in [0.15, 0.2) is 0 Å². The SMILES string of the molecule is C[C@H](O)[C@H](C(=O)NO)N(Cc1cccnc1)S(=O)(=O)c1ccc(O)cc1. The van der Waals surface area contributed by atoms with E-state index in [1.54, 1.807) is 12.1 Å². The molecule has 2 rings (SSSR count). The molecule has 0 saturated carbocycles. The van der Waals surface area contributed by atoms with E-state index in [-0.39, 0.29) is 17.2 Å². The zero-order chi connectivity index (χ0) is 19.3. The summed E-state index contributed by atoms with van der Waals surface area (Å²) in [5.41, 5.74) is 1.86. The quantitative estimate of drug-likeness (QED) is 0.398. The standard InChI is InChI=1S/C16H19N3O6S/c1-11(20)15(16(22)18-23)19(10-12-3-2-8-17-9-12)26(24,25)14-6-4-13(21)5-7-14/h2-9,11,15,20-21,23H,10H2,1H3,(H,18,22)/t11-,15+/m0/s1. The molecule has 1 amide bonds. The number of aliphatic hydroxyl groups is 1. The number of hydrogen-bond donors (Lipinski definition) is 4. The monoisotopic (exact) mass is 381 g/mol. The van der Waals surface area contributed by atoms with Gasteiger partial charge in [0, 0.05) is 18.9 Å². The third kappa shape index (κ3) is 4.35. The minimum atomic E-state index is -4.25. The van der Waals surface area contributed by atoms with Gasteiger partial charge in [0.25, 0.3) is 5.91 Å². The molecule has 0 aliphatic carbocycles. The molecule has 2 atom stereocenters. The van der Waals surface area contributed by atoms with Crippen LogP contribution in [0.3, 0.4) is 0 Å². The van der Waals surface area contributed by atoms with Crippen molar-refractivity contribution in [3.8, 4) is 5.75 Å². The Morgan fingerprint density at radius 1 is 1.27 bits per heavy atom. The van der Waals surface area contributed by atoms with Crippen molar-refractivity contribution in [1.82, 2.24) is 14.8 Å². The summed E-state index contributed by atoms with van der Waals surface area (Å²) in [6, 6.07) is 6.37. The number of sulfonamides is 1. The van der Waals surface area contributed by atoms with Crippen LogP contribution >= 0.6 is 0 Å². The predicted octanol–water partition coefficient (Wildman–Crippen LogP) is 0.233. The van der Waals surface area contributed by atoms with Crippen LogP contribution in [0.25, 0.3) is 0 Å². The lowest BCUT2D eigenvalue weighted by Crippen LogP contribution is -2.53. The molecule has 0 unspecified atom stereocenters. The molecule has 0 fully saturated rings. The highest BCUT2D eigenvalue weighted by Crippen LogP contribution is 2.24. The van der Waals surface area contributed by atoms with Crippen LogP contribution in [0, 0.1) is 0 Å². The Morgan fingerprint density at radius 2 is 1.92 bits per heavy atom. The van der Waals surface area contributed by atoms with Crippen molar-refractivity contribution >= 4 is 15.9 Å². The van der Waals surface area contributed by atoms with Gasteiger partial charge in [0.2, 0.25) is 10.0 Å². The molecule has 0 aliphatic rings. The number of nitrogens with one attached hydrogen (secondary N) is 1. The third-order valence-corrected chi connectivity index (χ3v) is 5.49. The molecule has 0 radical (unpaired) electrons. The van der Waals surface area contributed by atoms with Crippen molar-refractivity contribution in [1.29, 1.82) is 0 Å². The topological polar surface area (TPSA) is 140 Å². The number of aliphatic hydroxyl groups excluding tert-OH is 1. The van der Waals surface area contributed by atoms with E-state index in [2.05, 4.69) is 4.98 Å². The number of rotatable bonds is 7. The lowest BCUT2D eigenvalue weighted by atomic mass is 10.1. The van der Waals surface area contributed by atoms with Crippen LogP contribution in [0.4, 0.5) is 0 Å². The van der Waals surface area contributed by atoms with Crippen LogP contribution in [0.15, 0.2) is 53.7 Å². The van der Waals surface area contributed by atoms with E-state index in [1.807, 2.05) is 0 Å². The number of carbonyl (C=O) groups excluding carboxylic acids is 1. The fraction of sp³-hybridized carbons (Fsp3) is 0.250. The summed E-state index contributed by atoms with van der Waals surface area (Å²) >= 11 is 0. The van der Waals surface area contributed by atoms with Gasteiger partial charge in [0.05, 0.1) is 11.0 Å². The zero-order valence-corrected chi connectivity index (χ0v) is 14.7. The summed E-state index contributed by atoms with van der Waals surface area (Å²) in [5.74, 6) is -1.20. The van der Waals surface area contributed by atoms with Gasteiger partial charge in [-0.1, -0.05) is 6.07 Å². The van der Waals surface area contributed by atoms with Gasteiger partial charge in [-0.15, -0.1) is 0 Å². The molecular weight excluding hydrogens is 362 g/mol. The minimum Gasteiger partial charge on any atom is -0.508 e. The second-order valence-corrected chi connectivity index (χ2v) is 7.46. The van der Waals surface area contributed by atoms with E-state index in [1.165, 1.54) is 49.1 Å². The molecule has 0 bridgehead atoms. The summed E-state index contributed by atoms with van der Waals surface area (Å²) in [7, 11) is -4.25. The van der Waals surface area contributed by atoms with E-state index >= 15 is 0 Å². The fourth-order valence-corrected chi connectivity index (χ4v) is 4.06. The molecule has 0 saturated heterocycles. The van der Waals surface area contributed by atoms with Crippen LogP contribution < -0.4 is 5.48 Å². The van der Waals surface area contributed by atoms with E-state index in [4.69, 9.17) is 5.21 Å². The molecule has 9 nitrogen and oxygen atoms in total. The van der Waals surface area contributed by atoms with Crippen molar-refractivity contribution in [3.63, 3.8) is 0 Å². The van der Waals surface area contributed by atoms with Gasteiger partial charge in [-0.3, -0.25) is 15.0 Å². The molecule has 10 heteroatoms. The maximum atomic E-state index is 13.1. The van der Waals surface area contributed by atoms with E-state index < -0.39 is 28.1 Å². The summed E-state index contributed by atoms with van der Waals surface area (Å²) in [4.78, 5) is 15.8. The van der Waals surface area contributed by atoms with Crippen molar-refractivity contribution in [3.05, 3.63) is 54.4 Å². The van der Waals surface area contributed by atoms with Crippen LogP contribution in [0.1, 0.15) is 12.5 Å². The van der Waals surface area contributed by atoms with Crippen LogP contribution in [0.5, 0.6) is 5.75 Å². The third-order valence-electron chi connectivity index (χ3n) is 3.65. The number of aromatic nitrogens is 1. The average molecular weight is 381 g/mol. The number of phenolic OH excluding ortho intramolecular Hbond substituents is 1. The summed E-state index contributed by atoms with van der Waals surface area (Å²) in [5, 5.41) is 28.3. The number of aromatic hydroxyl groups is 1. The Bertz CT molecular complexity index is 840. The summed E-state index contributed by atoms with van der Waals surface area (Å²) in [6.45, 7) is 0.975. The summed E-state index contributed by atoms with van der Waals surface area (Å²) < 4.78 is 26.9. The first-order chi connectivity index (χ1) is 12.3. The highest BCUT2D eigenvalue weighted by Gasteiger charge is 2.39. The summed E-state index contributed by atoms with van der Waals surface area (Å²) in [6.07, 6.45) is 1.52. The van der Waals surface area contributed by atoms with E-state index in [0.29, 0.717) is 5.56 Å². The molecule has 1 heterocycles. The van der Waals surface area contributed by atoms with Gasteiger partial charge >= 0.3 is 0 Å². The van der Waals surface area contributed by atoms with Gasteiger partial charge in [0.1, 0.15) is 11.8 Å². The second-order valence-electron chi connectivity index (χ2n) is 5.57. The van der Waals surface area contributed by atoms with Gasteiger partial charge in [-0.05, 0) is 42.8 Å². The molecule has 2 aromatic rings. The van der Waals surface area contributed by atoms with Crippen molar-refractivity contribution in [2.75, 3.05) is 0 Å². The van der Waals surface area contributed by atoms with E-state index in [0.717, 1.165) is 4.31 Å². The lowest BCUT2D eigenvalue weighted by Gasteiger charge is -2.31. The minimum absolute atomic E-state index is 0.122. The van der Waals surface area contributed by atoms with Crippen LogP contribution in [0.2, 0.25) is 0 Å². The highest BCUT2D eigenvalue weighted by molar-refractivity contribution is 7.89. The Kier molecular flexibility index (Phi) is 6.27. The largest absolute Gasteiger partial charge is 0.508 e. The fourth-order valence-electron chi connectivity index (χ4n) is 2.41. The number of phenols is 1. The maximum absolute atomic E-state index is 13.1. The molecule has 140 valence electrons. The first-order valence-electron chi connectivity index (χ1n) is 7.59. The molecule has 1 aromatic carbocycles. The maximum Gasteiger partial charge on any atom is 0.264 e. The van der Waals surface area contributed by atoms with Gasteiger partial charge in [-0.2, -0.15) is 4.31 Å². The first kappa shape index (κ1) is 19.8. The number of hydrogen-bond acceptors (Lipinski definition) is 7. The number of amides is 1. The molecule has 0 spiro atoms. The Hall–Kier alpha value is -2.53. The molecule has 4 N–H and O–H groups in total. The van der Waals surface area contributed by atoms with E-state index in [9.17, 15) is 23.4 Å². The number of pyridine rings is 1. The zero-order valence-electron chi connectivity index (χ0n) is 13.8. The number of nitrogens with zero attached hydrogens (tertiary/aromatic N) is 2. The molecule has 1 aromatic heterocycles. The Labute approximate surface area is 150 Å². The predicted molar refractivity (Wildman–Crippen MR) is 90.5 cm³/mol. The number of benzene rings is 1. The number of carbonyl (C=O) groups is 1. The molecular formula is C16H19N3O6S. The van der Waals surface area contributed by atoms with Crippen LogP contribution in [-0.4, -0.2) is 51.2 Å². The molecule has 0 aliphatic heterocycles. The van der Waals surface area contributed by atoms with Crippen molar-refractivity contribution in [2.45, 2.75) is 30.5 Å². The second kappa shape index (κ2) is 8.23. The van der Waals surface area contributed by atoms with Crippen molar-refractivity contribution in [2.24, 2.45) is 0 Å². The number of hydroxylamine groups is 1. The normalized spacial score (nSPS) is 14.0. The highest BCUT2D eigenvalue weighted by atomic mass is 32.2. The van der Waals surface area contributed by atoms with Gasteiger partial charge in [-0.25, -0.2) is 13.9 Å². The Balaban J connectivity index is 2.54. The van der Waals surface area contributed by atoms with Gasteiger partial charge < -0.3 is 10.2 Å². The van der Waals surface area contributed by atoms with Crippen molar-refractivity contribution < 1.29 is 28.6 Å². The Morgan fingerprint density at radius 3 is 2.42 bits per heavy atom. The first-order valence-corrected chi connectivity index (χ1v) is 9.03. The smallest absolute Gasteiger partial charge is 0.264 e. The average Bonchev–Trinajstić information content (AvgIpc) is 2.62. The molecule has 26 heavy (non-hydrogen) atoms.